The summed E-state index contributed by atoms with van der Waals surface area (Å²) in [6, 6.07) is 12.1. The molecule has 0 bridgehead atoms. The van der Waals surface area contributed by atoms with Gasteiger partial charge in [0.2, 0.25) is 17.6 Å². The van der Waals surface area contributed by atoms with Gasteiger partial charge in [0.25, 0.3) is 0 Å². The molecule has 1 aliphatic heterocycles. The number of anilines is 1. The number of amides is 1. The van der Waals surface area contributed by atoms with Crippen molar-refractivity contribution in [2.45, 2.75) is 32.6 Å². The predicted molar refractivity (Wildman–Crippen MR) is 113 cm³/mol. The van der Waals surface area contributed by atoms with Crippen molar-refractivity contribution in [1.82, 2.24) is 15.0 Å². The summed E-state index contributed by atoms with van der Waals surface area (Å²) in [6.07, 6.45) is 1.67. The Hall–Kier alpha value is -3.06. The maximum Gasteiger partial charge on any atom is 0.238 e. The van der Waals surface area contributed by atoms with Crippen molar-refractivity contribution in [2.24, 2.45) is 0 Å². The number of hydrogen-bond acceptors (Lipinski definition) is 5. The molecule has 2 aromatic carbocycles. The van der Waals surface area contributed by atoms with E-state index >= 15 is 0 Å². The molecule has 0 aliphatic carbocycles. The number of nitrogens with zero attached hydrogens (tertiary/aromatic N) is 3. The molecular weight excluding hydrogens is 383 g/mol. The predicted octanol–water partition coefficient (Wildman–Crippen LogP) is 4.31. The topological polar surface area (TPSA) is 71.3 Å². The van der Waals surface area contributed by atoms with Crippen LogP contribution in [0.3, 0.4) is 0 Å². The van der Waals surface area contributed by atoms with E-state index in [9.17, 15) is 9.18 Å². The van der Waals surface area contributed by atoms with Crippen LogP contribution in [0.15, 0.2) is 47.0 Å². The van der Waals surface area contributed by atoms with Crippen LogP contribution in [0.1, 0.15) is 35.8 Å². The van der Waals surface area contributed by atoms with E-state index in [-0.39, 0.29) is 17.6 Å². The lowest BCUT2D eigenvalue weighted by atomic mass is 9.97. The maximum absolute atomic E-state index is 13.4. The number of piperidine rings is 1. The number of benzene rings is 2. The van der Waals surface area contributed by atoms with Gasteiger partial charge in [-0.25, -0.2) is 4.39 Å². The number of carbonyl (C=O) groups is 1. The first-order valence-electron chi connectivity index (χ1n) is 10.2. The number of para-hydroxylation sites is 1. The number of aromatic nitrogens is 2. The Morgan fingerprint density at radius 3 is 2.57 bits per heavy atom. The highest BCUT2D eigenvalue weighted by Crippen LogP contribution is 2.28. The normalized spacial score (nSPS) is 15.3. The Bertz CT molecular complexity index is 1020. The van der Waals surface area contributed by atoms with Crippen LogP contribution >= 0.6 is 0 Å². The molecule has 6 nitrogen and oxygen atoms in total. The van der Waals surface area contributed by atoms with Crippen LogP contribution in [0.2, 0.25) is 0 Å². The van der Waals surface area contributed by atoms with Crippen molar-refractivity contribution in [3.8, 4) is 11.4 Å². The number of rotatable bonds is 5. The first-order valence-corrected chi connectivity index (χ1v) is 10.2. The second-order valence-corrected chi connectivity index (χ2v) is 7.83. The van der Waals surface area contributed by atoms with Crippen LogP contribution < -0.4 is 5.32 Å². The minimum atomic E-state index is -0.327. The van der Waals surface area contributed by atoms with Gasteiger partial charge in [0.1, 0.15) is 5.82 Å². The molecule has 1 aromatic heterocycles. The zero-order valence-corrected chi connectivity index (χ0v) is 17.2. The summed E-state index contributed by atoms with van der Waals surface area (Å²) in [6.45, 7) is 5.91. The molecule has 2 heterocycles. The minimum Gasteiger partial charge on any atom is -0.339 e. The molecule has 1 fully saturated rings. The van der Waals surface area contributed by atoms with E-state index in [0.29, 0.717) is 23.8 Å². The summed E-state index contributed by atoms with van der Waals surface area (Å²) in [7, 11) is 0. The Morgan fingerprint density at radius 2 is 1.87 bits per heavy atom. The molecule has 0 radical (unpaired) electrons. The summed E-state index contributed by atoms with van der Waals surface area (Å²) in [4.78, 5) is 19.1. The van der Waals surface area contributed by atoms with E-state index in [1.54, 1.807) is 12.1 Å². The van der Waals surface area contributed by atoms with Gasteiger partial charge in [-0.2, -0.15) is 4.98 Å². The highest BCUT2D eigenvalue weighted by Gasteiger charge is 2.26. The SMILES string of the molecule is Cc1cccc(C)c1NC(=O)CN1CCC(c2nc(-c3cccc(F)c3)no2)CC1. The van der Waals surface area contributed by atoms with Crippen molar-refractivity contribution < 1.29 is 13.7 Å². The van der Waals surface area contributed by atoms with Crippen molar-refractivity contribution >= 4 is 11.6 Å². The van der Waals surface area contributed by atoms with Gasteiger partial charge in [-0.05, 0) is 63.0 Å². The molecule has 1 amide bonds. The fourth-order valence-corrected chi connectivity index (χ4v) is 3.88. The number of hydrogen-bond donors (Lipinski definition) is 1. The number of carbonyl (C=O) groups excluding carboxylic acids is 1. The van der Waals surface area contributed by atoms with Crippen molar-refractivity contribution in [3.63, 3.8) is 0 Å². The van der Waals surface area contributed by atoms with Crippen LogP contribution in [0.4, 0.5) is 10.1 Å². The molecular formula is C23H25FN4O2. The molecule has 0 unspecified atom stereocenters. The first kappa shape index (κ1) is 20.2. The molecule has 0 saturated carbocycles. The van der Waals surface area contributed by atoms with Gasteiger partial charge in [-0.1, -0.05) is 35.5 Å². The largest absolute Gasteiger partial charge is 0.339 e. The number of aryl methyl sites for hydroxylation is 2. The monoisotopic (exact) mass is 408 g/mol. The van der Waals surface area contributed by atoms with Crippen molar-refractivity contribution in [1.29, 1.82) is 0 Å². The lowest BCUT2D eigenvalue weighted by Gasteiger charge is -2.29. The van der Waals surface area contributed by atoms with E-state index in [0.717, 1.165) is 42.7 Å². The Balaban J connectivity index is 1.31. The van der Waals surface area contributed by atoms with Crippen LogP contribution in [0, 0.1) is 19.7 Å². The van der Waals surface area contributed by atoms with E-state index in [2.05, 4.69) is 20.4 Å². The van der Waals surface area contributed by atoms with E-state index in [1.807, 2.05) is 32.0 Å². The van der Waals surface area contributed by atoms with Gasteiger partial charge in [0.15, 0.2) is 0 Å². The second kappa shape index (κ2) is 8.75. The number of halogens is 1. The third-order valence-corrected chi connectivity index (χ3v) is 5.57. The molecule has 7 heteroatoms. The average Bonchev–Trinajstić information content (AvgIpc) is 3.22. The second-order valence-electron chi connectivity index (χ2n) is 7.83. The Kier molecular flexibility index (Phi) is 5.90. The summed E-state index contributed by atoms with van der Waals surface area (Å²) in [5, 5.41) is 7.05. The number of nitrogens with one attached hydrogen (secondary N) is 1. The first-order chi connectivity index (χ1) is 14.5. The van der Waals surface area contributed by atoms with Crippen LogP contribution in [0.5, 0.6) is 0 Å². The van der Waals surface area contributed by atoms with Crippen LogP contribution in [-0.2, 0) is 4.79 Å². The molecule has 30 heavy (non-hydrogen) atoms. The van der Waals surface area contributed by atoms with Gasteiger partial charge < -0.3 is 9.84 Å². The average molecular weight is 408 g/mol. The van der Waals surface area contributed by atoms with Crippen LogP contribution in [-0.4, -0.2) is 40.6 Å². The zero-order chi connectivity index (χ0) is 21.1. The summed E-state index contributed by atoms with van der Waals surface area (Å²) in [5.41, 5.74) is 3.62. The highest BCUT2D eigenvalue weighted by atomic mass is 19.1. The van der Waals surface area contributed by atoms with Crippen molar-refractivity contribution in [2.75, 3.05) is 25.0 Å². The number of likely N-dealkylation sites (tertiary alicyclic amines) is 1. The molecule has 1 N–H and O–H groups in total. The molecule has 0 atom stereocenters. The zero-order valence-electron chi connectivity index (χ0n) is 17.2. The standard InChI is InChI=1S/C23H25FN4O2/c1-15-5-3-6-16(2)21(15)25-20(29)14-28-11-9-17(10-12-28)23-26-22(27-30-23)18-7-4-8-19(24)13-18/h3-8,13,17H,9-12,14H2,1-2H3,(H,25,29). The lowest BCUT2D eigenvalue weighted by Crippen LogP contribution is -2.39. The Morgan fingerprint density at radius 1 is 1.17 bits per heavy atom. The fraction of sp³-hybridized carbons (Fsp3) is 0.348. The van der Waals surface area contributed by atoms with E-state index in [1.165, 1.54) is 12.1 Å². The van der Waals surface area contributed by atoms with Gasteiger partial charge in [0.05, 0.1) is 6.54 Å². The molecule has 1 aliphatic rings. The van der Waals surface area contributed by atoms with Gasteiger partial charge in [0, 0.05) is 17.2 Å². The molecule has 1 saturated heterocycles. The van der Waals surface area contributed by atoms with Gasteiger partial charge >= 0.3 is 0 Å². The third kappa shape index (κ3) is 4.57. The molecule has 0 spiro atoms. The maximum atomic E-state index is 13.4. The fourth-order valence-electron chi connectivity index (χ4n) is 3.88. The third-order valence-electron chi connectivity index (χ3n) is 5.57. The minimum absolute atomic E-state index is 0.00275. The van der Waals surface area contributed by atoms with Gasteiger partial charge in [-0.15, -0.1) is 0 Å². The highest BCUT2D eigenvalue weighted by molar-refractivity contribution is 5.93. The summed E-state index contributed by atoms with van der Waals surface area (Å²) < 4.78 is 18.9. The van der Waals surface area contributed by atoms with E-state index in [4.69, 9.17) is 4.52 Å². The smallest absolute Gasteiger partial charge is 0.238 e. The van der Waals surface area contributed by atoms with E-state index < -0.39 is 0 Å². The quantitative estimate of drug-likeness (QED) is 0.681. The summed E-state index contributed by atoms with van der Waals surface area (Å²) in [5.74, 6) is 0.801. The lowest BCUT2D eigenvalue weighted by molar-refractivity contribution is -0.117. The molecule has 3 aromatic rings. The van der Waals surface area contributed by atoms with Gasteiger partial charge in [-0.3, -0.25) is 9.69 Å². The van der Waals surface area contributed by atoms with Crippen molar-refractivity contribution in [3.05, 3.63) is 65.3 Å². The Labute approximate surface area is 175 Å². The molecule has 156 valence electrons. The van der Waals surface area contributed by atoms with Crippen LogP contribution in [0.25, 0.3) is 11.4 Å². The summed E-state index contributed by atoms with van der Waals surface area (Å²) >= 11 is 0. The molecule has 4 rings (SSSR count).